The number of amides is 2. The van der Waals surface area contributed by atoms with Crippen LogP contribution in [-0.4, -0.2) is 35.6 Å². The van der Waals surface area contributed by atoms with E-state index in [1.165, 1.54) is 20.9 Å². The number of nitrogens with zero attached hydrogens (tertiary/aromatic N) is 1. The Morgan fingerprint density at radius 2 is 2.05 bits per heavy atom. The van der Waals surface area contributed by atoms with E-state index in [1.807, 2.05) is 0 Å². The van der Waals surface area contributed by atoms with Gasteiger partial charge < -0.3 is 15.3 Å². The topological polar surface area (TPSA) is 69.6 Å². The molecule has 2 N–H and O–H groups in total. The lowest BCUT2D eigenvalue weighted by molar-refractivity contribution is -0.141. The molecule has 0 aliphatic heterocycles. The Bertz CT molecular complexity index is 581. The van der Waals surface area contributed by atoms with Gasteiger partial charge in [-0.1, -0.05) is 18.5 Å². The van der Waals surface area contributed by atoms with E-state index in [0.29, 0.717) is 0 Å². The van der Waals surface area contributed by atoms with Gasteiger partial charge in [-0.2, -0.15) is 0 Å². The zero-order valence-corrected chi connectivity index (χ0v) is 12.5. The van der Waals surface area contributed by atoms with E-state index in [0.717, 1.165) is 11.0 Å². The minimum Gasteiger partial charge on any atom is -0.481 e. The first kappa shape index (κ1) is 17.2. The van der Waals surface area contributed by atoms with Crippen LogP contribution in [-0.2, 0) is 4.79 Å². The van der Waals surface area contributed by atoms with Crippen LogP contribution in [0.15, 0.2) is 6.07 Å². The molecule has 0 fully saturated rings. The van der Waals surface area contributed by atoms with Crippen molar-refractivity contribution in [1.82, 2.24) is 4.90 Å². The number of aliphatic carboxylic acids is 1. The molecular formula is C13H15ClF2N2O3. The van der Waals surface area contributed by atoms with E-state index >= 15 is 0 Å². The summed E-state index contributed by atoms with van der Waals surface area (Å²) in [4.78, 5) is 23.6. The molecule has 1 atom stereocenters. The van der Waals surface area contributed by atoms with E-state index < -0.39 is 35.2 Å². The minimum absolute atomic E-state index is 0.00919. The molecule has 0 radical (unpaired) electrons. The summed E-state index contributed by atoms with van der Waals surface area (Å²) in [6, 6.07) is 0.0813. The van der Waals surface area contributed by atoms with Crippen LogP contribution in [0.3, 0.4) is 0 Å². The normalized spacial score (nSPS) is 11.9. The summed E-state index contributed by atoms with van der Waals surface area (Å²) in [5.41, 5.74) is -0.605. The fourth-order valence-corrected chi connectivity index (χ4v) is 1.76. The summed E-state index contributed by atoms with van der Waals surface area (Å²) in [5, 5.41) is 10.8. The van der Waals surface area contributed by atoms with Crippen molar-refractivity contribution in [2.45, 2.75) is 13.8 Å². The third-order valence-corrected chi connectivity index (χ3v) is 3.34. The van der Waals surface area contributed by atoms with Gasteiger partial charge in [0.15, 0.2) is 11.6 Å². The second-order valence-corrected chi connectivity index (χ2v) is 5.11. The first-order valence-corrected chi connectivity index (χ1v) is 6.42. The Morgan fingerprint density at radius 3 is 2.57 bits per heavy atom. The number of anilines is 1. The van der Waals surface area contributed by atoms with Gasteiger partial charge in [0.05, 0.1) is 5.92 Å². The maximum Gasteiger partial charge on any atom is 0.321 e. The monoisotopic (exact) mass is 320 g/mol. The molecule has 0 saturated carbocycles. The molecule has 0 aliphatic carbocycles. The van der Waals surface area contributed by atoms with E-state index in [-0.39, 0.29) is 17.1 Å². The van der Waals surface area contributed by atoms with Gasteiger partial charge in [0, 0.05) is 24.2 Å². The molecule has 0 aromatic heterocycles. The summed E-state index contributed by atoms with van der Waals surface area (Å²) < 4.78 is 27.5. The third-order valence-electron chi connectivity index (χ3n) is 2.95. The lowest BCUT2D eigenvalue weighted by Gasteiger charge is -2.20. The number of halogens is 3. The number of carboxylic acid groups (broad SMARTS) is 1. The van der Waals surface area contributed by atoms with Crippen molar-refractivity contribution >= 4 is 29.3 Å². The highest BCUT2D eigenvalue weighted by atomic mass is 35.5. The SMILES string of the molecule is Cc1c(Cl)cc(F)c(NC(=O)N(C)CC(C)C(=O)O)c1F. The average Bonchev–Trinajstić information content (AvgIpc) is 2.40. The predicted octanol–water partition coefficient (Wildman–Crippen LogP) is 3.11. The molecule has 0 aliphatic rings. The maximum absolute atomic E-state index is 13.9. The molecule has 0 spiro atoms. The number of benzene rings is 1. The van der Waals surface area contributed by atoms with Gasteiger partial charge >= 0.3 is 12.0 Å². The van der Waals surface area contributed by atoms with Crippen LogP contribution in [0.1, 0.15) is 12.5 Å². The molecule has 0 heterocycles. The Balaban J connectivity index is 2.89. The molecule has 0 bridgehead atoms. The van der Waals surface area contributed by atoms with Crippen LogP contribution in [0.25, 0.3) is 0 Å². The quantitative estimate of drug-likeness (QED) is 0.895. The van der Waals surface area contributed by atoms with Crippen LogP contribution >= 0.6 is 11.6 Å². The summed E-state index contributed by atoms with van der Waals surface area (Å²) in [6.07, 6.45) is 0. The highest BCUT2D eigenvalue weighted by Crippen LogP contribution is 2.28. The summed E-state index contributed by atoms with van der Waals surface area (Å²) in [6.45, 7) is 2.67. The van der Waals surface area contributed by atoms with Crippen LogP contribution in [0.4, 0.5) is 19.3 Å². The molecular weight excluding hydrogens is 306 g/mol. The zero-order valence-electron chi connectivity index (χ0n) is 11.7. The van der Waals surface area contributed by atoms with Crippen molar-refractivity contribution in [2.24, 2.45) is 5.92 Å². The highest BCUT2D eigenvalue weighted by molar-refractivity contribution is 6.31. The molecule has 21 heavy (non-hydrogen) atoms. The summed E-state index contributed by atoms with van der Waals surface area (Å²) in [7, 11) is 1.33. The number of hydrogen-bond acceptors (Lipinski definition) is 2. The molecule has 0 saturated heterocycles. The van der Waals surface area contributed by atoms with Gasteiger partial charge in [-0.05, 0) is 13.0 Å². The first-order chi connectivity index (χ1) is 9.65. The van der Waals surface area contributed by atoms with Crippen molar-refractivity contribution in [2.75, 3.05) is 18.9 Å². The fourth-order valence-electron chi connectivity index (χ4n) is 1.58. The molecule has 2 amide bonds. The van der Waals surface area contributed by atoms with E-state index in [2.05, 4.69) is 5.32 Å². The number of rotatable bonds is 4. The summed E-state index contributed by atoms with van der Waals surface area (Å²) >= 11 is 5.63. The average molecular weight is 321 g/mol. The number of urea groups is 1. The van der Waals surface area contributed by atoms with Crippen LogP contribution < -0.4 is 5.32 Å². The van der Waals surface area contributed by atoms with E-state index in [9.17, 15) is 18.4 Å². The van der Waals surface area contributed by atoms with Crippen molar-refractivity contribution in [3.63, 3.8) is 0 Å². The summed E-state index contributed by atoms with van der Waals surface area (Å²) in [5.74, 6) is -3.85. The smallest absolute Gasteiger partial charge is 0.321 e. The Labute approximate surface area is 125 Å². The van der Waals surface area contributed by atoms with Gasteiger partial charge in [-0.3, -0.25) is 4.79 Å². The number of carboxylic acids is 1. The van der Waals surface area contributed by atoms with Crippen molar-refractivity contribution in [3.8, 4) is 0 Å². The maximum atomic E-state index is 13.9. The number of carbonyl (C=O) groups excluding carboxylic acids is 1. The van der Waals surface area contributed by atoms with Crippen molar-refractivity contribution in [1.29, 1.82) is 0 Å². The molecule has 1 unspecified atom stereocenters. The standard InChI is InChI=1S/C13H15ClF2N2O3/c1-6(12(19)20)5-18(3)13(21)17-11-9(15)4-8(14)7(2)10(11)16/h4,6H,5H2,1-3H3,(H,17,21)(H,19,20). The molecule has 5 nitrogen and oxygen atoms in total. The van der Waals surface area contributed by atoms with Crippen molar-refractivity contribution < 1.29 is 23.5 Å². The van der Waals surface area contributed by atoms with E-state index in [1.54, 1.807) is 0 Å². The second kappa shape index (κ2) is 6.71. The lowest BCUT2D eigenvalue weighted by Crippen LogP contribution is -2.37. The van der Waals surface area contributed by atoms with Crippen LogP contribution in [0.2, 0.25) is 5.02 Å². The Kier molecular flexibility index (Phi) is 5.48. The Morgan fingerprint density at radius 1 is 1.48 bits per heavy atom. The largest absolute Gasteiger partial charge is 0.481 e. The first-order valence-electron chi connectivity index (χ1n) is 6.04. The molecule has 8 heteroatoms. The van der Waals surface area contributed by atoms with Crippen molar-refractivity contribution in [3.05, 3.63) is 28.3 Å². The number of nitrogens with one attached hydrogen (secondary N) is 1. The number of hydrogen-bond donors (Lipinski definition) is 2. The molecule has 1 aromatic rings. The molecule has 1 aromatic carbocycles. The Hall–Kier alpha value is -1.89. The highest BCUT2D eigenvalue weighted by Gasteiger charge is 2.21. The zero-order chi connectivity index (χ0) is 16.3. The lowest BCUT2D eigenvalue weighted by atomic mass is 10.2. The predicted molar refractivity (Wildman–Crippen MR) is 74.6 cm³/mol. The van der Waals surface area contributed by atoms with Gasteiger partial charge in [-0.25, -0.2) is 13.6 Å². The molecule has 1 rings (SSSR count). The van der Waals surface area contributed by atoms with Gasteiger partial charge in [0.1, 0.15) is 5.69 Å². The molecule has 116 valence electrons. The van der Waals surface area contributed by atoms with Gasteiger partial charge in [0.25, 0.3) is 0 Å². The minimum atomic E-state index is -1.07. The fraction of sp³-hybridized carbons (Fsp3) is 0.385. The van der Waals surface area contributed by atoms with Crippen LogP contribution in [0.5, 0.6) is 0 Å². The van der Waals surface area contributed by atoms with Gasteiger partial charge in [-0.15, -0.1) is 0 Å². The van der Waals surface area contributed by atoms with Gasteiger partial charge in [0.2, 0.25) is 0 Å². The number of carbonyl (C=O) groups is 2. The van der Waals surface area contributed by atoms with Crippen LogP contribution in [0, 0.1) is 24.5 Å². The third kappa shape index (κ3) is 4.04. The van der Waals surface area contributed by atoms with E-state index in [4.69, 9.17) is 16.7 Å². The second-order valence-electron chi connectivity index (χ2n) is 4.70.